The molecule has 2 aromatic carbocycles. The number of aromatic amines is 1. The first-order chi connectivity index (χ1) is 11.1. The van der Waals surface area contributed by atoms with Crippen LogP contribution < -0.4 is 15.8 Å². The van der Waals surface area contributed by atoms with Crippen molar-refractivity contribution in [3.05, 3.63) is 54.2 Å². The number of carbonyl (C=O) groups is 2. The summed E-state index contributed by atoms with van der Waals surface area (Å²) >= 11 is 0. The van der Waals surface area contributed by atoms with E-state index in [1.54, 1.807) is 24.3 Å². The Balaban J connectivity index is 1.71. The molecule has 0 radical (unpaired) electrons. The van der Waals surface area contributed by atoms with Gasteiger partial charge in [-0.2, -0.15) is 5.10 Å². The minimum atomic E-state index is -0.548. The summed E-state index contributed by atoms with van der Waals surface area (Å²) in [6, 6.07) is 14.0. The number of H-pyrrole nitrogens is 1. The van der Waals surface area contributed by atoms with Gasteiger partial charge in [-0.1, -0.05) is 18.2 Å². The summed E-state index contributed by atoms with van der Waals surface area (Å²) in [5.74, 6) is -0.368. The fraction of sp³-hybridized carbons (Fsp3) is 0.0625. The number of anilines is 1. The minimum absolute atomic E-state index is 0.190. The maximum absolute atomic E-state index is 12.3. The van der Waals surface area contributed by atoms with Gasteiger partial charge in [-0.25, -0.2) is 0 Å². The number of nitrogens with two attached hydrogens (primary N) is 1. The first-order valence-electron chi connectivity index (χ1n) is 6.89. The molecule has 0 aliphatic rings. The van der Waals surface area contributed by atoms with Crippen molar-refractivity contribution in [3.63, 3.8) is 0 Å². The number of carbonyl (C=O) groups excluding carboxylic acids is 2. The van der Waals surface area contributed by atoms with E-state index < -0.39 is 5.91 Å². The van der Waals surface area contributed by atoms with Crippen molar-refractivity contribution >= 4 is 28.4 Å². The zero-order valence-corrected chi connectivity index (χ0v) is 12.1. The third-order valence-electron chi connectivity index (χ3n) is 3.18. The lowest BCUT2D eigenvalue weighted by molar-refractivity contribution is -0.119. The molecule has 0 spiro atoms. The average molecular weight is 310 g/mol. The molecule has 23 heavy (non-hydrogen) atoms. The Labute approximate surface area is 131 Å². The summed E-state index contributed by atoms with van der Waals surface area (Å²) in [7, 11) is 0. The van der Waals surface area contributed by atoms with Crippen LogP contribution in [-0.2, 0) is 4.79 Å². The zero-order valence-electron chi connectivity index (χ0n) is 12.1. The van der Waals surface area contributed by atoms with Gasteiger partial charge in [0.05, 0.1) is 5.52 Å². The van der Waals surface area contributed by atoms with E-state index in [1.807, 2.05) is 24.3 Å². The molecular formula is C16H14N4O3. The number of aromatic nitrogens is 2. The molecule has 0 atom stereocenters. The Hall–Kier alpha value is -3.35. The van der Waals surface area contributed by atoms with Gasteiger partial charge in [0, 0.05) is 11.1 Å². The van der Waals surface area contributed by atoms with Crippen LogP contribution in [0.1, 0.15) is 10.5 Å². The van der Waals surface area contributed by atoms with Crippen molar-refractivity contribution in [2.75, 3.05) is 11.9 Å². The number of benzene rings is 2. The minimum Gasteiger partial charge on any atom is -0.484 e. The standard InChI is InChI=1S/C16H14N4O3/c17-14(21)9-23-11-7-5-10(6-8-11)18-16(22)15-12-3-1-2-4-13(12)19-20-15/h1-8H,9H2,(H2,17,21)(H,18,22)(H,19,20). The van der Waals surface area contributed by atoms with E-state index in [1.165, 1.54) is 0 Å². The molecule has 0 saturated carbocycles. The van der Waals surface area contributed by atoms with Gasteiger partial charge < -0.3 is 15.8 Å². The smallest absolute Gasteiger partial charge is 0.276 e. The van der Waals surface area contributed by atoms with Crippen molar-refractivity contribution in [2.45, 2.75) is 0 Å². The Kier molecular flexibility index (Phi) is 3.92. The zero-order chi connectivity index (χ0) is 16.2. The van der Waals surface area contributed by atoms with Gasteiger partial charge in [0.25, 0.3) is 11.8 Å². The normalized spacial score (nSPS) is 10.4. The average Bonchev–Trinajstić information content (AvgIpc) is 2.98. The van der Waals surface area contributed by atoms with Crippen molar-refractivity contribution in [1.82, 2.24) is 10.2 Å². The summed E-state index contributed by atoms with van der Waals surface area (Å²) in [6.07, 6.45) is 0. The summed E-state index contributed by atoms with van der Waals surface area (Å²) in [6.45, 7) is -0.190. The van der Waals surface area contributed by atoms with Gasteiger partial charge in [-0.15, -0.1) is 0 Å². The second-order valence-electron chi connectivity index (χ2n) is 4.85. The van der Waals surface area contributed by atoms with E-state index in [9.17, 15) is 9.59 Å². The monoisotopic (exact) mass is 310 g/mol. The Morgan fingerprint density at radius 3 is 2.61 bits per heavy atom. The molecule has 0 unspecified atom stereocenters. The number of nitrogens with zero attached hydrogens (tertiary/aromatic N) is 1. The number of hydrogen-bond acceptors (Lipinski definition) is 4. The van der Waals surface area contributed by atoms with Gasteiger partial charge in [0.2, 0.25) is 0 Å². The fourth-order valence-corrected chi connectivity index (χ4v) is 2.12. The predicted octanol–water partition coefficient (Wildman–Crippen LogP) is 1.68. The SMILES string of the molecule is NC(=O)COc1ccc(NC(=O)c2n[nH]c3ccccc23)cc1. The quantitative estimate of drug-likeness (QED) is 0.666. The van der Waals surface area contributed by atoms with Crippen molar-refractivity contribution < 1.29 is 14.3 Å². The number of rotatable bonds is 5. The molecule has 7 heteroatoms. The van der Waals surface area contributed by atoms with Crippen LogP contribution >= 0.6 is 0 Å². The van der Waals surface area contributed by atoms with Crippen LogP contribution in [0.5, 0.6) is 5.75 Å². The van der Waals surface area contributed by atoms with Crippen molar-refractivity contribution in [3.8, 4) is 5.75 Å². The Morgan fingerprint density at radius 2 is 1.87 bits per heavy atom. The highest BCUT2D eigenvalue weighted by molar-refractivity contribution is 6.11. The van der Waals surface area contributed by atoms with Crippen LogP contribution in [0.2, 0.25) is 0 Å². The summed E-state index contributed by atoms with van der Waals surface area (Å²) in [4.78, 5) is 23.0. The third kappa shape index (κ3) is 3.29. The van der Waals surface area contributed by atoms with Gasteiger partial charge in [-0.3, -0.25) is 14.7 Å². The molecule has 0 aliphatic carbocycles. The molecule has 0 aliphatic heterocycles. The fourth-order valence-electron chi connectivity index (χ4n) is 2.12. The van der Waals surface area contributed by atoms with Crippen LogP contribution in [0, 0.1) is 0 Å². The van der Waals surface area contributed by atoms with Crippen LogP contribution in [0.15, 0.2) is 48.5 Å². The third-order valence-corrected chi connectivity index (χ3v) is 3.18. The van der Waals surface area contributed by atoms with Gasteiger partial charge in [0.15, 0.2) is 12.3 Å². The largest absolute Gasteiger partial charge is 0.484 e. The molecule has 116 valence electrons. The lowest BCUT2D eigenvalue weighted by Gasteiger charge is -2.06. The first-order valence-corrected chi connectivity index (χ1v) is 6.89. The van der Waals surface area contributed by atoms with E-state index in [-0.39, 0.29) is 12.5 Å². The maximum atomic E-state index is 12.3. The summed E-state index contributed by atoms with van der Waals surface area (Å²) in [5.41, 5.74) is 6.72. The van der Waals surface area contributed by atoms with Crippen LogP contribution in [0.4, 0.5) is 5.69 Å². The number of nitrogens with one attached hydrogen (secondary N) is 2. The second kappa shape index (κ2) is 6.18. The van der Waals surface area contributed by atoms with Crippen LogP contribution in [-0.4, -0.2) is 28.6 Å². The molecule has 0 saturated heterocycles. The van der Waals surface area contributed by atoms with E-state index in [0.29, 0.717) is 17.1 Å². The van der Waals surface area contributed by atoms with Crippen LogP contribution in [0.25, 0.3) is 10.9 Å². The number of ether oxygens (including phenoxy) is 1. The number of hydrogen-bond donors (Lipinski definition) is 3. The van der Waals surface area contributed by atoms with Gasteiger partial charge >= 0.3 is 0 Å². The molecule has 1 heterocycles. The molecule has 0 bridgehead atoms. The van der Waals surface area contributed by atoms with Gasteiger partial charge in [-0.05, 0) is 30.3 Å². The highest BCUT2D eigenvalue weighted by Gasteiger charge is 2.13. The second-order valence-corrected chi connectivity index (χ2v) is 4.85. The molecular weight excluding hydrogens is 296 g/mol. The van der Waals surface area contributed by atoms with E-state index in [4.69, 9.17) is 10.5 Å². The molecule has 0 fully saturated rings. The van der Waals surface area contributed by atoms with Gasteiger partial charge in [0.1, 0.15) is 5.75 Å². The van der Waals surface area contributed by atoms with Crippen molar-refractivity contribution in [2.24, 2.45) is 5.73 Å². The number of para-hydroxylation sites is 1. The van der Waals surface area contributed by atoms with Crippen LogP contribution in [0.3, 0.4) is 0 Å². The highest BCUT2D eigenvalue weighted by Crippen LogP contribution is 2.19. The summed E-state index contributed by atoms with van der Waals surface area (Å²) in [5, 5.41) is 10.4. The maximum Gasteiger partial charge on any atom is 0.276 e. The number of primary amides is 1. The molecule has 3 aromatic rings. The predicted molar refractivity (Wildman–Crippen MR) is 85.2 cm³/mol. The molecule has 1 aromatic heterocycles. The van der Waals surface area contributed by atoms with E-state index in [2.05, 4.69) is 15.5 Å². The highest BCUT2D eigenvalue weighted by atomic mass is 16.5. The lowest BCUT2D eigenvalue weighted by atomic mass is 10.2. The molecule has 7 nitrogen and oxygen atoms in total. The van der Waals surface area contributed by atoms with E-state index in [0.717, 1.165) is 10.9 Å². The Bertz CT molecular complexity index is 855. The Morgan fingerprint density at radius 1 is 1.13 bits per heavy atom. The molecule has 4 N–H and O–H groups in total. The number of amides is 2. The number of fused-ring (bicyclic) bond motifs is 1. The summed E-state index contributed by atoms with van der Waals surface area (Å²) < 4.78 is 5.15. The lowest BCUT2D eigenvalue weighted by Crippen LogP contribution is -2.20. The molecule has 2 amide bonds. The van der Waals surface area contributed by atoms with E-state index >= 15 is 0 Å². The first kappa shape index (κ1) is 14.6. The van der Waals surface area contributed by atoms with Crippen molar-refractivity contribution in [1.29, 1.82) is 0 Å². The topological polar surface area (TPSA) is 110 Å². The molecule has 3 rings (SSSR count).